The topological polar surface area (TPSA) is 107 Å². The molecule has 0 bridgehead atoms. The van der Waals surface area contributed by atoms with Gasteiger partial charge in [-0.3, -0.25) is 0 Å². The summed E-state index contributed by atoms with van der Waals surface area (Å²) in [5.74, 6) is -1.84. The van der Waals surface area contributed by atoms with Gasteiger partial charge in [0.1, 0.15) is 16.5 Å². The number of carbonyl (C=O) groups is 1. The van der Waals surface area contributed by atoms with Crippen molar-refractivity contribution in [2.75, 3.05) is 33.1 Å². The number of sulfone groups is 1. The number of sulfonamides is 1. The minimum absolute atomic E-state index is 0.00501. The van der Waals surface area contributed by atoms with Crippen molar-refractivity contribution < 1.29 is 35.5 Å². The molecule has 1 fully saturated rings. The Morgan fingerprint density at radius 3 is 2.48 bits per heavy atom. The van der Waals surface area contributed by atoms with Gasteiger partial charge in [0.15, 0.2) is 9.84 Å². The first kappa shape index (κ1) is 23.2. The van der Waals surface area contributed by atoms with E-state index < -0.39 is 42.6 Å². The van der Waals surface area contributed by atoms with Crippen molar-refractivity contribution in [2.45, 2.75) is 16.6 Å². The minimum Gasteiger partial charge on any atom is -0.495 e. The van der Waals surface area contributed by atoms with E-state index in [2.05, 4.69) is 4.74 Å². The van der Waals surface area contributed by atoms with Crippen molar-refractivity contribution in [2.24, 2.45) is 0 Å². The number of hydrogen-bond acceptors (Lipinski definition) is 7. The molecule has 2 aromatic rings. The zero-order valence-corrected chi connectivity index (χ0v) is 18.6. The van der Waals surface area contributed by atoms with Gasteiger partial charge in [-0.2, -0.15) is 4.31 Å². The van der Waals surface area contributed by atoms with Crippen molar-refractivity contribution in [3.05, 3.63) is 59.4 Å². The second-order valence-corrected chi connectivity index (χ2v) is 11.1. The van der Waals surface area contributed by atoms with Gasteiger partial charge in [-0.1, -0.05) is 18.2 Å². The highest BCUT2D eigenvalue weighted by molar-refractivity contribution is 7.92. The second-order valence-electron chi connectivity index (χ2n) is 6.93. The maximum atomic E-state index is 14.2. The minimum atomic E-state index is -4.22. The highest BCUT2D eigenvalue weighted by atomic mass is 32.2. The summed E-state index contributed by atoms with van der Waals surface area (Å²) in [6.45, 7) is -0.451. The summed E-state index contributed by atoms with van der Waals surface area (Å²) in [5, 5.41) is -1.16. The third-order valence-electron chi connectivity index (χ3n) is 5.15. The fourth-order valence-corrected chi connectivity index (χ4v) is 7.07. The average molecular weight is 472 g/mol. The van der Waals surface area contributed by atoms with Crippen molar-refractivity contribution >= 4 is 25.8 Å². The van der Waals surface area contributed by atoms with Crippen LogP contribution >= 0.6 is 0 Å². The van der Waals surface area contributed by atoms with Gasteiger partial charge >= 0.3 is 5.97 Å². The van der Waals surface area contributed by atoms with Gasteiger partial charge in [-0.25, -0.2) is 26.0 Å². The van der Waals surface area contributed by atoms with Crippen molar-refractivity contribution in [1.29, 1.82) is 0 Å². The van der Waals surface area contributed by atoms with E-state index in [0.717, 1.165) is 10.4 Å². The third-order valence-corrected chi connectivity index (χ3v) is 9.18. The molecule has 3 rings (SSSR count). The van der Waals surface area contributed by atoms with Crippen molar-refractivity contribution in [3.63, 3.8) is 0 Å². The Bertz CT molecular complexity index is 1200. The van der Waals surface area contributed by atoms with Crippen LogP contribution in [-0.4, -0.2) is 60.2 Å². The summed E-state index contributed by atoms with van der Waals surface area (Å²) in [6.07, 6.45) is -0.110. The summed E-state index contributed by atoms with van der Waals surface area (Å²) in [7, 11) is -5.56. The molecule has 0 aliphatic carbocycles. The molecule has 1 aliphatic rings. The van der Waals surface area contributed by atoms with E-state index in [-0.39, 0.29) is 41.3 Å². The Balaban J connectivity index is 1.99. The number of esters is 1. The van der Waals surface area contributed by atoms with Crippen LogP contribution in [0.2, 0.25) is 0 Å². The summed E-state index contributed by atoms with van der Waals surface area (Å²) >= 11 is 0. The van der Waals surface area contributed by atoms with Gasteiger partial charge in [-0.05, 0) is 30.7 Å². The summed E-state index contributed by atoms with van der Waals surface area (Å²) in [6, 6.07) is 9.39. The number of benzene rings is 2. The van der Waals surface area contributed by atoms with E-state index in [1.807, 2.05) is 0 Å². The van der Waals surface area contributed by atoms with E-state index in [1.54, 1.807) is 0 Å². The quantitative estimate of drug-likeness (QED) is 0.615. The Labute approximate surface area is 180 Å². The summed E-state index contributed by atoms with van der Waals surface area (Å²) in [5.41, 5.74) is 0.0283. The molecule has 1 heterocycles. The fourth-order valence-electron chi connectivity index (χ4n) is 3.51. The van der Waals surface area contributed by atoms with Crippen molar-refractivity contribution in [1.82, 2.24) is 4.31 Å². The number of methoxy groups -OCH3 is 2. The Morgan fingerprint density at radius 2 is 1.84 bits per heavy atom. The first-order valence-corrected chi connectivity index (χ1v) is 12.5. The number of nitrogens with zero attached hydrogens (tertiary/aromatic N) is 1. The average Bonchev–Trinajstić information content (AvgIpc) is 2.91. The van der Waals surface area contributed by atoms with Crippen molar-refractivity contribution in [3.8, 4) is 5.75 Å². The lowest BCUT2D eigenvalue weighted by atomic mass is 10.1. The number of carbonyl (C=O) groups excluding carboxylic acids is 1. The van der Waals surface area contributed by atoms with Crippen LogP contribution < -0.4 is 4.74 Å². The Hall–Kier alpha value is -2.50. The molecule has 1 atom stereocenters. The molecule has 31 heavy (non-hydrogen) atoms. The maximum Gasteiger partial charge on any atom is 0.337 e. The van der Waals surface area contributed by atoms with Crippen LogP contribution in [0.3, 0.4) is 0 Å². The number of ether oxygens (including phenoxy) is 2. The molecule has 8 nitrogen and oxygen atoms in total. The van der Waals surface area contributed by atoms with Crippen LogP contribution in [0.5, 0.6) is 5.75 Å². The third kappa shape index (κ3) is 4.58. The summed E-state index contributed by atoms with van der Waals surface area (Å²) in [4.78, 5) is 11.6. The van der Waals surface area contributed by atoms with Crippen LogP contribution in [0.1, 0.15) is 27.6 Å². The van der Waals surface area contributed by atoms with E-state index in [1.165, 1.54) is 50.6 Å². The Kier molecular flexibility index (Phi) is 6.68. The first-order chi connectivity index (χ1) is 14.6. The highest BCUT2D eigenvalue weighted by Crippen LogP contribution is 2.34. The van der Waals surface area contributed by atoms with Gasteiger partial charge in [0.05, 0.1) is 30.8 Å². The molecule has 0 N–H and O–H groups in total. The van der Waals surface area contributed by atoms with E-state index in [9.17, 15) is 26.0 Å². The zero-order valence-electron chi connectivity index (χ0n) is 16.9. The predicted octanol–water partition coefficient (Wildman–Crippen LogP) is 2.17. The van der Waals surface area contributed by atoms with Crippen LogP contribution in [0, 0.1) is 5.82 Å². The fraction of sp³-hybridized carbons (Fsp3) is 0.350. The standard InChI is InChI=1S/C20H22FNO7S2/c1-28-17-8-7-14(20(23)29-2)13-19(17)31(26,27)22-10-9-18(30(24,25)12-11-22)15-5-3-4-6-16(15)21/h3-8,13,18H,9-12H2,1-2H3. The van der Waals surface area contributed by atoms with Crippen LogP contribution in [0.15, 0.2) is 47.4 Å². The smallest absolute Gasteiger partial charge is 0.337 e. The lowest BCUT2D eigenvalue weighted by Crippen LogP contribution is -2.34. The van der Waals surface area contributed by atoms with Crippen LogP contribution in [-0.2, 0) is 24.6 Å². The summed E-state index contributed by atoms with van der Waals surface area (Å²) < 4.78 is 77.3. The molecule has 0 radical (unpaired) electrons. The number of halogens is 1. The number of hydrogen-bond donors (Lipinski definition) is 0. The van der Waals surface area contributed by atoms with Crippen LogP contribution in [0.4, 0.5) is 4.39 Å². The SMILES string of the molecule is COC(=O)c1ccc(OC)c(S(=O)(=O)N2CCC(c3ccccc3F)S(=O)(=O)CC2)c1. The molecule has 2 aromatic carbocycles. The molecule has 0 aromatic heterocycles. The van der Waals surface area contributed by atoms with E-state index >= 15 is 0 Å². The highest BCUT2D eigenvalue weighted by Gasteiger charge is 2.37. The van der Waals surface area contributed by atoms with E-state index in [0.29, 0.717) is 0 Å². The monoisotopic (exact) mass is 471 g/mol. The second kappa shape index (κ2) is 8.93. The molecule has 1 aliphatic heterocycles. The van der Waals surface area contributed by atoms with Gasteiger partial charge in [0.25, 0.3) is 0 Å². The van der Waals surface area contributed by atoms with Gasteiger partial charge in [0.2, 0.25) is 10.0 Å². The molecule has 11 heteroatoms. The lowest BCUT2D eigenvalue weighted by molar-refractivity contribution is 0.0600. The lowest BCUT2D eigenvalue weighted by Gasteiger charge is -2.21. The molecule has 1 saturated heterocycles. The first-order valence-electron chi connectivity index (χ1n) is 9.34. The Morgan fingerprint density at radius 1 is 1.13 bits per heavy atom. The molecule has 168 valence electrons. The predicted molar refractivity (Wildman–Crippen MR) is 111 cm³/mol. The molecular formula is C20H22FNO7S2. The zero-order chi connectivity index (χ0) is 22.8. The van der Waals surface area contributed by atoms with Gasteiger partial charge in [-0.15, -0.1) is 0 Å². The molecule has 0 spiro atoms. The molecular weight excluding hydrogens is 449 g/mol. The van der Waals surface area contributed by atoms with Gasteiger partial charge in [0, 0.05) is 18.7 Å². The van der Waals surface area contributed by atoms with Crippen LogP contribution in [0.25, 0.3) is 0 Å². The molecule has 0 saturated carbocycles. The molecule has 1 unspecified atom stereocenters. The maximum absolute atomic E-state index is 14.2. The van der Waals surface area contributed by atoms with Gasteiger partial charge < -0.3 is 9.47 Å². The molecule has 0 amide bonds. The normalized spacial score (nSPS) is 19.4. The largest absolute Gasteiger partial charge is 0.495 e. The number of rotatable bonds is 5. The van der Waals surface area contributed by atoms with E-state index in [4.69, 9.17) is 4.74 Å².